The van der Waals surface area contributed by atoms with Gasteiger partial charge in [-0.15, -0.1) is 0 Å². The van der Waals surface area contributed by atoms with Crippen LogP contribution in [0.4, 0.5) is 0 Å². The van der Waals surface area contributed by atoms with Gasteiger partial charge in [0.15, 0.2) is 0 Å². The van der Waals surface area contributed by atoms with E-state index >= 15 is 0 Å². The highest BCUT2D eigenvalue weighted by molar-refractivity contribution is 5.37. The summed E-state index contributed by atoms with van der Waals surface area (Å²) >= 11 is 0. The van der Waals surface area contributed by atoms with Crippen LogP contribution in [-0.4, -0.2) is 6.61 Å². The first-order valence-electron chi connectivity index (χ1n) is 5.70. The van der Waals surface area contributed by atoms with E-state index in [1.54, 1.807) is 0 Å². The number of hydrogen-bond acceptors (Lipinski definition) is 2. The fourth-order valence-corrected chi connectivity index (χ4v) is 1.40. The number of hydrogen-bond donors (Lipinski definition) is 1. The third-order valence-electron chi connectivity index (χ3n) is 2.66. The molecule has 0 amide bonds. The summed E-state index contributed by atoms with van der Waals surface area (Å²) in [5.74, 6) is 0.916. The molecule has 1 rings (SSSR count). The van der Waals surface area contributed by atoms with E-state index in [2.05, 4.69) is 19.6 Å². The Morgan fingerprint density at radius 1 is 1.50 bits per heavy atom. The topological polar surface area (TPSA) is 35.2 Å². The first kappa shape index (κ1) is 12.8. The van der Waals surface area contributed by atoms with E-state index in [9.17, 15) is 0 Å². The predicted octanol–water partition coefficient (Wildman–Crippen LogP) is 3.36. The molecular weight excluding hydrogens is 198 g/mol. The maximum absolute atomic E-state index is 5.82. The van der Waals surface area contributed by atoms with Crippen LogP contribution in [0, 0.1) is 6.92 Å². The van der Waals surface area contributed by atoms with Gasteiger partial charge in [-0.05, 0) is 43.0 Å². The Balaban J connectivity index is 2.72. The van der Waals surface area contributed by atoms with Crippen LogP contribution in [0.3, 0.4) is 0 Å². The molecule has 2 nitrogen and oxygen atoms in total. The van der Waals surface area contributed by atoms with E-state index in [1.165, 1.54) is 0 Å². The lowest BCUT2D eigenvalue weighted by Crippen LogP contribution is -2.06. The number of ether oxygens (including phenoxy) is 1. The van der Waals surface area contributed by atoms with E-state index in [0.29, 0.717) is 6.61 Å². The predicted molar refractivity (Wildman–Crippen MR) is 68.7 cm³/mol. The van der Waals surface area contributed by atoms with Crippen LogP contribution in [0.15, 0.2) is 30.4 Å². The van der Waals surface area contributed by atoms with Crippen LogP contribution in [-0.2, 0) is 0 Å². The summed E-state index contributed by atoms with van der Waals surface area (Å²) in [7, 11) is 0. The largest absolute Gasteiger partial charge is 0.489 e. The molecule has 0 radical (unpaired) electrons. The summed E-state index contributed by atoms with van der Waals surface area (Å²) < 4.78 is 5.68. The molecule has 2 heteroatoms. The minimum atomic E-state index is 0.0679. The van der Waals surface area contributed by atoms with Crippen LogP contribution >= 0.6 is 0 Å². The van der Waals surface area contributed by atoms with Crippen molar-refractivity contribution in [1.29, 1.82) is 0 Å². The molecule has 0 saturated carbocycles. The van der Waals surface area contributed by atoms with Gasteiger partial charge in [-0.25, -0.2) is 0 Å². The van der Waals surface area contributed by atoms with Crippen molar-refractivity contribution in [3.8, 4) is 5.75 Å². The molecule has 1 aromatic carbocycles. The van der Waals surface area contributed by atoms with Crippen molar-refractivity contribution in [3.63, 3.8) is 0 Å². The second-order valence-corrected chi connectivity index (χ2v) is 4.21. The molecule has 0 unspecified atom stereocenters. The zero-order valence-corrected chi connectivity index (χ0v) is 10.4. The van der Waals surface area contributed by atoms with E-state index in [0.717, 1.165) is 28.9 Å². The molecule has 0 heterocycles. The summed E-state index contributed by atoms with van der Waals surface area (Å²) in [6, 6.07) is 6.14. The maximum atomic E-state index is 5.82. The van der Waals surface area contributed by atoms with Gasteiger partial charge < -0.3 is 10.5 Å². The number of nitrogens with two attached hydrogens (primary N) is 1. The normalized spacial score (nSPS) is 12.2. The molecule has 2 N–H and O–H groups in total. The summed E-state index contributed by atoms with van der Waals surface area (Å²) in [6.07, 6.45) is 0.955. The second-order valence-electron chi connectivity index (χ2n) is 4.21. The van der Waals surface area contributed by atoms with Crippen LogP contribution in [0.5, 0.6) is 5.75 Å². The summed E-state index contributed by atoms with van der Waals surface area (Å²) in [4.78, 5) is 0. The third kappa shape index (κ3) is 3.38. The molecule has 1 atom stereocenters. The minimum absolute atomic E-state index is 0.0679. The maximum Gasteiger partial charge on any atom is 0.122 e. The van der Waals surface area contributed by atoms with Gasteiger partial charge >= 0.3 is 0 Å². The Kier molecular flexibility index (Phi) is 4.56. The molecular formula is C14H21NO. The fraction of sp³-hybridized carbons (Fsp3) is 0.429. The number of benzene rings is 1. The summed E-state index contributed by atoms with van der Waals surface area (Å²) in [5, 5.41) is 0. The quantitative estimate of drug-likeness (QED) is 0.771. The van der Waals surface area contributed by atoms with Gasteiger partial charge in [-0.3, -0.25) is 0 Å². The molecule has 0 spiro atoms. The number of aryl methyl sites for hydroxylation is 1. The number of rotatable bonds is 5. The van der Waals surface area contributed by atoms with Gasteiger partial charge in [0, 0.05) is 6.04 Å². The van der Waals surface area contributed by atoms with Crippen molar-refractivity contribution in [2.45, 2.75) is 33.2 Å². The van der Waals surface area contributed by atoms with E-state index < -0.39 is 0 Å². The van der Waals surface area contributed by atoms with Crippen LogP contribution in [0.25, 0.3) is 0 Å². The zero-order chi connectivity index (χ0) is 12.1. The molecule has 16 heavy (non-hydrogen) atoms. The molecule has 1 aromatic rings. The van der Waals surface area contributed by atoms with Crippen molar-refractivity contribution < 1.29 is 4.74 Å². The molecule has 88 valence electrons. The fourth-order valence-electron chi connectivity index (χ4n) is 1.40. The van der Waals surface area contributed by atoms with Crippen molar-refractivity contribution in [2.24, 2.45) is 5.73 Å². The monoisotopic (exact) mass is 219 g/mol. The lowest BCUT2D eigenvalue weighted by Gasteiger charge is -2.12. The van der Waals surface area contributed by atoms with Crippen molar-refractivity contribution >= 4 is 0 Å². The molecule has 0 aliphatic carbocycles. The van der Waals surface area contributed by atoms with E-state index in [1.807, 2.05) is 26.0 Å². The van der Waals surface area contributed by atoms with Crippen molar-refractivity contribution in [3.05, 3.63) is 41.5 Å². The zero-order valence-electron chi connectivity index (χ0n) is 10.4. The standard InChI is InChI=1S/C14H21NO/c1-5-10(2)9-16-14-7-6-13(12(4)15)8-11(14)3/h6-8,12H,2,5,9,15H2,1,3-4H3/t12-/m1/s1. The highest BCUT2D eigenvalue weighted by atomic mass is 16.5. The Labute approximate surface area is 98.1 Å². The SMILES string of the molecule is C=C(CC)COc1ccc([C@@H](C)N)cc1C. The smallest absolute Gasteiger partial charge is 0.122 e. The van der Waals surface area contributed by atoms with Crippen LogP contribution < -0.4 is 10.5 Å². The van der Waals surface area contributed by atoms with Crippen molar-refractivity contribution in [2.75, 3.05) is 6.61 Å². The van der Waals surface area contributed by atoms with Crippen molar-refractivity contribution in [1.82, 2.24) is 0 Å². The summed E-state index contributed by atoms with van der Waals surface area (Å²) in [5.41, 5.74) is 9.19. The van der Waals surface area contributed by atoms with Crippen LogP contribution in [0.2, 0.25) is 0 Å². The Morgan fingerprint density at radius 3 is 2.69 bits per heavy atom. The summed E-state index contributed by atoms with van der Waals surface area (Å²) in [6.45, 7) is 10.6. The van der Waals surface area contributed by atoms with Crippen LogP contribution in [0.1, 0.15) is 37.4 Å². The van der Waals surface area contributed by atoms with E-state index in [-0.39, 0.29) is 6.04 Å². The lowest BCUT2D eigenvalue weighted by molar-refractivity contribution is 0.346. The first-order valence-corrected chi connectivity index (χ1v) is 5.70. The molecule has 0 bridgehead atoms. The minimum Gasteiger partial charge on any atom is -0.489 e. The highest BCUT2D eigenvalue weighted by Gasteiger charge is 2.04. The van der Waals surface area contributed by atoms with Gasteiger partial charge in [0.2, 0.25) is 0 Å². The van der Waals surface area contributed by atoms with Gasteiger partial charge in [-0.2, -0.15) is 0 Å². The molecule has 0 aliphatic rings. The molecule has 0 aromatic heterocycles. The second kappa shape index (κ2) is 5.71. The lowest BCUT2D eigenvalue weighted by atomic mass is 10.1. The molecule has 0 saturated heterocycles. The van der Waals surface area contributed by atoms with Gasteiger partial charge in [0.1, 0.15) is 12.4 Å². The third-order valence-corrected chi connectivity index (χ3v) is 2.66. The average molecular weight is 219 g/mol. The van der Waals surface area contributed by atoms with Gasteiger partial charge in [-0.1, -0.05) is 25.6 Å². The van der Waals surface area contributed by atoms with Gasteiger partial charge in [0.25, 0.3) is 0 Å². The Hall–Kier alpha value is -1.28. The average Bonchev–Trinajstić information content (AvgIpc) is 2.26. The first-order chi connectivity index (χ1) is 7.54. The van der Waals surface area contributed by atoms with E-state index in [4.69, 9.17) is 10.5 Å². The Morgan fingerprint density at radius 2 is 2.19 bits per heavy atom. The Bertz CT molecular complexity index is 369. The highest BCUT2D eigenvalue weighted by Crippen LogP contribution is 2.22. The molecule has 0 fully saturated rings. The molecule has 0 aliphatic heterocycles. The van der Waals surface area contributed by atoms with Gasteiger partial charge in [0.05, 0.1) is 0 Å².